The molecule has 1 aliphatic heterocycles. The highest BCUT2D eigenvalue weighted by molar-refractivity contribution is 6.42. The van der Waals surface area contributed by atoms with Crippen molar-refractivity contribution in [2.45, 2.75) is 6.54 Å². The van der Waals surface area contributed by atoms with Gasteiger partial charge < -0.3 is 10.2 Å². The molecule has 1 fully saturated rings. The second-order valence-corrected chi connectivity index (χ2v) is 6.96. The van der Waals surface area contributed by atoms with Crippen molar-refractivity contribution in [2.24, 2.45) is 5.92 Å². The largest absolute Gasteiger partial charge is 0.351 e. The molecular formula is C19H16Cl2N2O3. The highest BCUT2D eigenvalue weighted by Gasteiger charge is 2.41. The highest BCUT2D eigenvalue weighted by Crippen LogP contribution is 2.28. The van der Waals surface area contributed by atoms with Crippen LogP contribution in [-0.4, -0.2) is 36.1 Å². The predicted octanol–water partition coefficient (Wildman–Crippen LogP) is 2.93. The van der Waals surface area contributed by atoms with Crippen LogP contribution in [0.5, 0.6) is 0 Å². The van der Waals surface area contributed by atoms with Crippen LogP contribution >= 0.6 is 23.2 Å². The first kappa shape index (κ1) is 18.4. The molecule has 2 amide bonds. The van der Waals surface area contributed by atoms with Crippen molar-refractivity contribution in [3.8, 4) is 11.1 Å². The fourth-order valence-electron chi connectivity index (χ4n) is 2.83. The average Bonchev–Trinajstić information content (AvgIpc) is 2.90. The molecule has 1 atom stereocenters. The maximum Gasteiger partial charge on any atom is 0.290 e. The van der Waals surface area contributed by atoms with E-state index in [4.69, 9.17) is 23.2 Å². The minimum Gasteiger partial charge on any atom is -0.351 e. The van der Waals surface area contributed by atoms with Crippen LogP contribution in [-0.2, 0) is 20.9 Å². The Morgan fingerprint density at radius 1 is 1.12 bits per heavy atom. The molecule has 3 rings (SSSR count). The van der Waals surface area contributed by atoms with Gasteiger partial charge >= 0.3 is 0 Å². The lowest BCUT2D eigenvalue weighted by Gasteiger charge is -2.11. The van der Waals surface area contributed by atoms with Crippen LogP contribution in [0.25, 0.3) is 11.1 Å². The summed E-state index contributed by atoms with van der Waals surface area (Å²) in [4.78, 5) is 36.8. The molecule has 1 N–H and O–H groups in total. The van der Waals surface area contributed by atoms with Gasteiger partial charge in [-0.15, -0.1) is 0 Å². The number of nitrogens with one attached hydrogen (secondary N) is 1. The van der Waals surface area contributed by atoms with Crippen molar-refractivity contribution in [2.75, 3.05) is 13.6 Å². The van der Waals surface area contributed by atoms with Gasteiger partial charge in [-0.05, 0) is 34.9 Å². The number of likely N-dealkylation sites (N-methyl/N-ethyl adjacent to an activating group) is 1. The monoisotopic (exact) mass is 390 g/mol. The van der Waals surface area contributed by atoms with E-state index in [0.29, 0.717) is 10.0 Å². The lowest BCUT2D eigenvalue weighted by Crippen LogP contribution is -2.35. The van der Waals surface area contributed by atoms with Crippen molar-refractivity contribution in [3.63, 3.8) is 0 Å². The Hall–Kier alpha value is -2.37. The van der Waals surface area contributed by atoms with Gasteiger partial charge in [-0.2, -0.15) is 0 Å². The summed E-state index contributed by atoms with van der Waals surface area (Å²) in [5.41, 5.74) is 2.71. The first-order valence-electron chi connectivity index (χ1n) is 7.98. The lowest BCUT2D eigenvalue weighted by atomic mass is 10.0. The summed E-state index contributed by atoms with van der Waals surface area (Å²) < 4.78 is 0. The molecule has 0 aromatic heterocycles. The van der Waals surface area contributed by atoms with Gasteiger partial charge in [0, 0.05) is 20.1 Å². The molecule has 0 aliphatic carbocycles. The summed E-state index contributed by atoms with van der Waals surface area (Å²) in [6, 6.07) is 13.0. The lowest BCUT2D eigenvalue weighted by molar-refractivity contribution is -0.142. The Morgan fingerprint density at radius 2 is 1.85 bits per heavy atom. The minimum absolute atomic E-state index is 0.118. The molecule has 1 aliphatic rings. The van der Waals surface area contributed by atoms with E-state index in [0.717, 1.165) is 16.7 Å². The van der Waals surface area contributed by atoms with Gasteiger partial charge in [-0.3, -0.25) is 14.4 Å². The third-order valence-electron chi connectivity index (χ3n) is 4.29. The van der Waals surface area contributed by atoms with E-state index in [1.165, 1.54) is 11.9 Å². The number of carbonyl (C=O) groups is 3. The molecular weight excluding hydrogens is 375 g/mol. The van der Waals surface area contributed by atoms with Gasteiger partial charge in [-0.25, -0.2) is 0 Å². The van der Waals surface area contributed by atoms with Crippen molar-refractivity contribution < 1.29 is 14.4 Å². The fourth-order valence-corrected chi connectivity index (χ4v) is 3.13. The van der Waals surface area contributed by atoms with Crippen LogP contribution in [0.3, 0.4) is 0 Å². The quantitative estimate of drug-likeness (QED) is 0.644. The fraction of sp³-hybridized carbons (Fsp3) is 0.211. The third kappa shape index (κ3) is 3.74. The number of halogens is 2. The molecule has 26 heavy (non-hydrogen) atoms. The second kappa shape index (κ2) is 7.48. The SMILES string of the molecule is CN1CC(C(=O)NCc2cccc(-c3ccc(Cl)c(Cl)c3)c2)C(=O)C1=O. The molecule has 2 aromatic rings. The zero-order valence-electron chi connectivity index (χ0n) is 14.0. The molecule has 1 saturated heterocycles. The molecule has 7 heteroatoms. The molecule has 0 spiro atoms. The first-order chi connectivity index (χ1) is 12.4. The van der Waals surface area contributed by atoms with E-state index in [1.807, 2.05) is 30.3 Å². The molecule has 1 unspecified atom stereocenters. The number of carbonyl (C=O) groups excluding carboxylic acids is 3. The molecule has 134 valence electrons. The molecule has 1 heterocycles. The van der Waals surface area contributed by atoms with Crippen LogP contribution in [0.4, 0.5) is 0 Å². The summed E-state index contributed by atoms with van der Waals surface area (Å²) in [6.45, 7) is 0.377. The molecule has 5 nitrogen and oxygen atoms in total. The number of benzene rings is 2. The van der Waals surface area contributed by atoms with Gasteiger partial charge in [0.1, 0.15) is 5.92 Å². The van der Waals surface area contributed by atoms with E-state index in [9.17, 15) is 14.4 Å². The normalized spacial score (nSPS) is 16.9. The Bertz CT molecular complexity index is 898. The standard InChI is InChI=1S/C19H16Cl2N2O3/c1-23-10-14(17(24)19(23)26)18(25)22-9-11-3-2-4-12(7-11)13-5-6-15(20)16(21)8-13/h2-8,14H,9-10H2,1H3,(H,22,25). The molecule has 0 radical (unpaired) electrons. The second-order valence-electron chi connectivity index (χ2n) is 6.15. The van der Waals surface area contributed by atoms with Gasteiger partial charge in [0.05, 0.1) is 10.0 Å². The average molecular weight is 391 g/mol. The van der Waals surface area contributed by atoms with Crippen LogP contribution in [0.1, 0.15) is 5.56 Å². The Labute approximate surface area is 160 Å². The minimum atomic E-state index is -0.939. The number of hydrogen-bond acceptors (Lipinski definition) is 3. The van der Waals surface area contributed by atoms with E-state index in [2.05, 4.69) is 5.32 Å². The van der Waals surface area contributed by atoms with Gasteiger partial charge in [-0.1, -0.05) is 47.5 Å². The van der Waals surface area contributed by atoms with E-state index >= 15 is 0 Å². The number of hydrogen-bond donors (Lipinski definition) is 1. The maximum absolute atomic E-state index is 12.2. The van der Waals surface area contributed by atoms with E-state index in [1.54, 1.807) is 12.1 Å². The first-order valence-corrected chi connectivity index (χ1v) is 8.74. The summed E-state index contributed by atoms with van der Waals surface area (Å²) in [6.07, 6.45) is 0. The Morgan fingerprint density at radius 3 is 2.50 bits per heavy atom. The third-order valence-corrected chi connectivity index (χ3v) is 5.03. The summed E-state index contributed by atoms with van der Waals surface area (Å²) >= 11 is 12.0. The predicted molar refractivity (Wildman–Crippen MR) is 99.9 cm³/mol. The number of nitrogens with zero attached hydrogens (tertiary/aromatic N) is 1. The number of amides is 2. The van der Waals surface area contributed by atoms with Crippen molar-refractivity contribution in [1.29, 1.82) is 0 Å². The number of Topliss-reactive ketones (excluding diaryl/α,β-unsaturated/α-hetero) is 1. The van der Waals surface area contributed by atoms with Gasteiger partial charge in [0.25, 0.3) is 5.91 Å². The number of rotatable bonds is 4. The van der Waals surface area contributed by atoms with Gasteiger partial charge in [0.2, 0.25) is 11.7 Å². The topological polar surface area (TPSA) is 66.5 Å². The zero-order valence-corrected chi connectivity index (χ0v) is 15.5. The van der Waals surface area contributed by atoms with Crippen LogP contribution in [0, 0.1) is 5.92 Å². The van der Waals surface area contributed by atoms with E-state index in [-0.39, 0.29) is 13.1 Å². The maximum atomic E-state index is 12.2. The summed E-state index contributed by atoms with van der Waals surface area (Å²) in [5.74, 6) is -2.65. The van der Waals surface area contributed by atoms with Crippen molar-refractivity contribution in [1.82, 2.24) is 10.2 Å². The van der Waals surface area contributed by atoms with Crippen LogP contribution in [0.15, 0.2) is 42.5 Å². The Balaban J connectivity index is 1.69. The zero-order chi connectivity index (χ0) is 18.8. The number of likely N-dealkylation sites (tertiary alicyclic amines) is 1. The van der Waals surface area contributed by atoms with Crippen LogP contribution < -0.4 is 5.32 Å². The molecule has 0 bridgehead atoms. The van der Waals surface area contributed by atoms with Crippen molar-refractivity contribution in [3.05, 3.63) is 58.1 Å². The Kier molecular flexibility index (Phi) is 5.30. The van der Waals surface area contributed by atoms with Crippen molar-refractivity contribution >= 4 is 40.8 Å². The molecule has 0 saturated carbocycles. The summed E-state index contributed by atoms with van der Waals surface area (Å²) in [5, 5.41) is 3.68. The van der Waals surface area contributed by atoms with Crippen LogP contribution in [0.2, 0.25) is 10.0 Å². The highest BCUT2D eigenvalue weighted by atomic mass is 35.5. The van der Waals surface area contributed by atoms with Gasteiger partial charge in [0.15, 0.2) is 0 Å². The summed E-state index contributed by atoms with van der Waals surface area (Å²) in [7, 11) is 1.51. The molecule has 2 aromatic carbocycles. The van der Waals surface area contributed by atoms with E-state index < -0.39 is 23.5 Å². The smallest absolute Gasteiger partial charge is 0.290 e. The number of ketones is 1.